The first-order valence-electron chi connectivity index (χ1n) is 8.50. The standard InChI is InChI=1S/C20H17ClFN3O2S/c1-13(26-2)28-19-23-12-24-25(19)11-20(14-7-9-15(22)10-8-14)18(27-20)16-5-3-4-6-17(16)21/h3-10,12,18H,1,11H2,2H3. The predicted octanol–water partition coefficient (Wildman–Crippen LogP) is 4.95. The molecular formula is C20H17ClFN3O2S. The van der Waals surface area contributed by atoms with E-state index < -0.39 is 5.60 Å². The molecule has 3 aromatic rings. The van der Waals surface area contributed by atoms with Gasteiger partial charge in [-0.3, -0.25) is 0 Å². The molecule has 0 radical (unpaired) electrons. The summed E-state index contributed by atoms with van der Waals surface area (Å²) >= 11 is 7.67. The minimum Gasteiger partial charge on any atom is -0.491 e. The molecule has 2 unspecified atom stereocenters. The van der Waals surface area contributed by atoms with Crippen LogP contribution in [0.25, 0.3) is 0 Å². The Morgan fingerprint density at radius 1 is 1.32 bits per heavy atom. The number of methoxy groups -OCH3 is 1. The first-order chi connectivity index (χ1) is 13.5. The van der Waals surface area contributed by atoms with Gasteiger partial charge < -0.3 is 9.47 Å². The Hall–Kier alpha value is -2.35. The molecule has 1 aliphatic heterocycles. The molecule has 5 nitrogen and oxygen atoms in total. The van der Waals surface area contributed by atoms with Gasteiger partial charge in [0, 0.05) is 10.6 Å². The molecule has 1 aliphatic rings. The van der Waals surface area contributed by atoms with Crippen LogP contribution in [0, 0.1) is 5.82 Å². The van der Waals surface area contributed by atoms with Crippen molar-refractivity contribution < 1.29 is 13.9 Å². The number of hydrogen-bond donors (Lipinski definition) is 0. The smallest absolute Gasteiger partial charge is 0.193 e. The van der Waals surface area contributed by atoms with Gasteiger partial charge in [0.2, 0.25) is 0 Å². The van der Waals surface area contributed by atoms with Crippen LogP contribution < -0.4 is 0 Å². The topological polar surface area (TPSA) is 52.5 Å². The van der Waals surface area contributed by atoms with Crippen molar-refractivity contribution in [3.05, 3.63) is 88.5 Å². The molecule has 0 bridgehead atoms. The van der Waals surface area contributed by atoms with Crippen LogP contribution in [0.1, 0.15) is 17.2 Å². The lowest BCUT2D eigenvalue weighted by Gasteiger charge is -2.16. The summed E-state index contributed by atoms with van der Waals surface area (Å²) in [5.74, 6) is -0.303. The largest absolute Gasteiger partial charge is 0.491 e. The molecule has 8 heteroatoms. The normalized spacial score (nSPS) is 20.8. The van der Waals surface area contributed by atoms with Crippen molar-refractivity contribution in [3.8, 4) is 0 Å². The quantitative estimate of drug-likeness (QED) is 0.309. The predicted molar refractivity (Wildman–Crippen MR) is 105 cm³/mol. The molecule has 1 aromatic heterocycles. The van der Waals surface area contributed by atoms with Crippen LogP contribution in [-0.4, -0.2) is 21.9 Å². The zero-order chi connectivity index (χ0) is 19.7. The van der Waals surface area contributed by atoms with E-state index in [9.17, 15) is 4.39 Å². The number of thioether (sulfide) groups is 1. The SMILES string of the molecule is C=C(OC)Sc1ncnn1CC1(c2ccc(F)cc2)OC1c1ccccc1Cl. The van der Waals surface area contributed by atoms with E-state index in [2.05, 4.69) is 16.7 Å². The van der Waals surface area contributed by atoms with E-state index >= 15 is 0 Å². The number of aromatic nitrogens is 3. The molecule has 0 aliphatic carbocycles. The molecular weight excluding hydrogens is 401 g/mol. The fraction of sp³-hybridized carbons (Fsp3) is 0.200. The van der Waals surface area contributed by atoms with E-state index in [1.54, 1.807) is 23.9 Å². The Labute approximate surface area is 171 Å². The molecule has 2 atom stereocenters. The molecule has 0 spiro atoms. The first-order valence-corrected chi connectivity index (χ1v) is 9.70. The van der Waals surface area contributed by atoms with Crippen LogP contribution in [0.2, 0.25) is 5.02 Å². The van der Waals surface area contributed by atoms with E-state index in [4.69, 9.17) is 21.1 Å². The third-order valence-electron chi connectivity index (χ3n) is 4.61. The lowest BCUT2D eigenvalue weighted by Crippen LogP contribution is -2.20. The molecule has 0 amide bonds. The van der Waals surface area contributed by atoms with Gasteiger partial charge >= 0.3 is 0 Å². The maximum absolute atomic E-state index is 13.5. The maximum Gasteiger partial charge on any atom is 0.193 e. The van der Waals surface area contributed by atoms with E-state index in [-0.39, 0.29) is 11.9 Å². The fourth-order valence-corrected chi connectivity index (χ4v) is 3.99. The van der Waals surface area contributed by atoms with Gasteiger partial charge in [0.15, 0.2) is 10.2 Å². The maximum atomic E-state index is 13.5. The average Bonchev–Trinajstić information content (AvgIpc) is 3.26. The summed E-state index contributed by atoms with van der Waals surface area (Å²) in [4.78, 5) is 4.27. The van der Waals surface area contributed by atoms with E-state index in [1.807, 2.05) is 24.3 Å². The Kier molecular flexibility index (Phi) is 5.14. The fourth-order valence-electron chi connectivity index (χ4n) is 3.15. The van der Waals surface area contributed by atoms with Crippen molar-refractivity contribution in [3.63, 3.8) is 0 Å². The van der Waals surface area contributed by atoms with Crippen LogP contribution >= 0.6 is 23.4 Å². The zero-order valence-corrected chi connectivity index (χ0v) is 16.6. The molecule has 144 valence electrons. The summed E-state index contributed by atoms with van der Waals surface area (Å²) in [6.07, 6.45) is 1.19. The van der Waals surface area contributed by atoms with Crippen molar-refractivity contribution in [2.24, 2.45) is 0 Å². The molecule has 2 heterocycles. The van der Waals surface area contributed by atoms with Crippen LogP contribution in [0.15, 0.2) is 71.7 Å². The highest BCUT2D eigenvalue weighted by Gasteiger charge is 2.59. The van der Waals surface area contributed by atoms with E-state index in [0.29, 0.717) is 21.8 Å². The Bertz CT molecular complexity index is 1010. The lowest BCUT2D eigenvalue weighted by molar-refractivity contribution is 0.256. The third kappa shape index (κ3) is 3.53. The van der Waals surface area contributed by atoms with E-state index in [0.717, 1.165) is 11.1 Å². The number of benzene rings is 2. The minimum absolute atomic E-state index is 0.278. The van der Waals surface area contributed by atoms with Crippen molar-refractivity contribution in [2.75, 3.05) is 7.11 Å². The highest BCUT2D eigenvalue weighted by atomic mass is 35.5. The molecule has 2 aromatic carbocycles. The summed E-state index contributed by atoms with van der Waals surface area (Å²) < 4.78 is 26.5. The number of nitrogens with zero attached hydrogens (tertiary/aromatic N) is 3. The summed E-state index contributed by atoms with van der Waals surface area (Å²) in [5.41, 5.74) is 0.996. The van der Waals surface area contributed by atoms with Crippen LogP contribution in [-0.2, 0) is 21.6 Å². The molecule has 0 saturated carbocycles. The highest BCUT2D eigenvalue weighted by Crippen LogP contribution is 2.59. The monoisotopic (exact) mass is 417 g/mol. The van der Waals surface area contributed by atoms with Crippen molar-refractivity contribution in [2.45, 2.75) is 23.4 Å². The van der Waals surface area contributed by atoms with Gasteiger partial charge in [0.25, 0.3) is 0 Å². The van der Waals surface area contributed by atoms with Gasteiger partial charge in [-0.05, 0) is 42.1 Å². The van der Waals surface area contributed by atoms with Gasteiger partial charge in [0.1, 0.15) is 23.8 Å². The Morgan fingerprint density at radius 2 is 2.07 bits per heavy atom. The van der Waals surface area contributed by atoms with Gasteiger partial charge in [0.05, 0.1) is 13.7 Å². The van der Waals surface area contributed by atoms with Crippen LogP contribution in [0.4, 0.5) is 4.39 Å². The first kappa shape index (κ1) is 19.0. The molecule has 1 saturated heterocycles. The summed E-state index contributed by atoms with van der Waals surface area (Å²) in [5, 5.41) is 6.08. The van der Waals surface area contributed by atoms with Crippen molar-refractivity contribution >= 4 is 23.4 Å². The number of rotatable bonds is 7. The third-order valence-corrected chi connectivity index (χ3v) is 5.85. The second kappa shape index (κ2) is 7.58. The number of ether oxygens (including phenoxy) is 2. The van der Waals surface area contributed by atoms with Crippen LogP contribution in [0.5, 0.6) is 0 Å². The van der Waals surface area contributed by atoms with Gasteiger partial charge in [-0.1, -0.05) is 41.9 Å². The molecule has 1 fully saturated rings. The second-order valence-corrected chi connectivity index (χ2v) is 7.73. The van der Waals surface area contributed by atoms with E-state index in [1.165, 1.54) is 30.2 Å². The number of epoxide rings is 1. The molecule has 4 rings (SSSR count). The minimum atomic E-state index is -0.726. The zero-order valence-electron chi connectivity index (χ0n) is 15.0. The average molecular weight is 418 g/mol. The lowest BCUT2D eigenvalue weighted by atomic mass is 9.91. The summed E-state index contributed by atoms with van der Waals surface area (Å²) in [6, 6.07) is 13.8. The van der Waals surface area contributed by atoms with Gasteiger partial charge in [-0.25, -0.2) is 14.1 Å². The van der Waals surface area contributed by atoms with Gasteiger partial charge in [-0.15, -0.1) is 0 Å². The molecule has 28 heavy (non-hydrogen) atoms. The highest BCUT2D eigenvalue weighted by molar-refractivity contribution is 8.02. The van der Waals surface area contributed by atoms with Gasteiger partial charge in [-0.2, -0.15) is 5.10 Å². The van der Waals surface area contributed by atoms with Crippen molar-refractivity contribution in [1.29, 1.82) is 0 Å². The number of halogens is 2. The number of hydrogen-bond acceptors (Lipinski definition) is 5. The Balaban J connectivity index is 1.70. The van der Waals surface area contributed by atoms with Crippen molar-refractivity contribution in [1.82, 2.24) is 14.8 Å². The Morgan fingerprint density at radius 3 is 2.79 bits per heavy atom. The van der Waals surface area contributed by atoms with Crippen LogP contribution in [0.3, 0.4) is 0 Å². The second-order valence-electron chi connectivity index (χ2n) is 6.29. The summed E-state index contributed by atoms with van der Waals surface area (Å²) in [7, 11) is 1.55. The molecule has 0 N–H and O–H groups in total. The summed E-state index contributed by atoms with van der Waals surface area (Å²) in [6.45, 7) is 4.20.